The van der Waals surface area contributed by atoms with E-state index in [1.165, 1.54) is 147 Å². The minimum Gasteiger partial charge on any atom is -0.344 e. The van der Waals surface area contributed by atoms with Gasteiger partial charge in [0, 0.05) is 44.9 Å². The maximum atomic E-state index is 6.97. The summed E-state index contributed by atoms with van der Waals surface area (Å²) in [5.41, 5.74) is 1.33. The van der Waals surface area contributed by atoms with E-state index in [0.29, 0.717) is 0 Å². The van der Waals surface area contributed by atoms with Crippen LogP contribution in [0.5, 0.6) is 0 Å². The van der Waals surface area contributed by atoms with E-state index in [1.807, 2.05) is 12.4 Å². The summed E-state index contributed by atoms with van der Waals surface area (Å²) in [6, 6.07) is 4.28. The molecule has 0 aliphatic carbocycles. The fourth-order valence-corrected chi connectivity index (χ4v) is 7.80. The number of fused-ring (bicyclic) bond motifs is 1. The van der Waals surface area contributed by atoms with Crippen LogP contribution < -0.4 is 0 Å². The van der Waals surface area contributed by atoms with Crippen LogP contribution in [-0.4, -0.2) is 41.0 Å². The lowest BCUT2D eigenvalue weighted by Crippen LogP contribution is -2.44. The normalized spacial score (nSPS) is 19.3. The largest absolute Gasteiger partial charge is 0.344 e. The molecule has 52 heavy (non-hydrogen) atoms. The topological polar surface area (TPSA) is 34.6 Å². The fraction of sp³-hybridized carbons (Fsp3) is 0.729. The van der Waals surface area contributed by atoms with Gasteiger partial charge in [-0.05, 0) is 101 Å². The Balaban J connectivity index is 1.31. The van der Waals surface area contributed by atoms with E-state index >= 15 is 0 Å². The van der Waals surface area contributed by atoms with Crippen molar-refractivity contribution in [1.29, 1.82) is 0 Å². The molecule has 0 saturated carbocycles. The van der Waals surface area contributed by atoms with Gasteiger partial charge in [0.05, 0.1) is 12.2 Å². The summed E-state index contributed by atoms with van der Waals surface area (Å²) in [4.78, 5) is 6.75. The first-order chi connectivity index (χ1) is 25.7. The summed E-state index contributed by atoms with van der Waals surface area (Å²) in [5, 5.41) is 0. The van der Waals surface area contributed by atoms with Crippen molar-refractivity contribution in [3.63, 3.8) is 0 Å². The first-order valence-corrected chi connectivity index (χ1v) is 22.3. The maximum absolute atomic E-state index is 6.97. The highest BCUT2D eigenvalue weighted by Gasteiger charge is 2.48. The minimum atomic E-state index is -0.369. The molecule has 0 spiro atoms. The highest BCUT2D eigenvalue weighted by molar-refractivity contribution is 5.10. The molecule has 0 amide bonds. The fourth-order valence-electron chi connectivity index (χ4n) is 7.80. The van der Waals surface area contributed by atoms with Crippen LogP contribution >= 0.6 is 0 Å². The number of piperidine rings is 1. The standard InChI is InChI=1S/C48H80N2O2/c1-3-5-7-9-11-13-15-17-19-21-23-25-27-29-31-33-38-48(39-34-32-30-28-26-24-22-20-18-16-14-12-10-8-6-4-2)51-46-37-42-50(44-47(46)52-48)43-45-35-40-49-41-36-45/h11-14,17-20,35-36,40-41,46-47H,3-10,15-16,21-34,37-39,42-44H2,1-2H3/b13-11-,14-12-,19-17-,20-18-/t46-,47-/m0/s1. The highest BCUT2D eigenvalue weighted by atomic mass is 16.8. The van der Waals surface area contributed by atoms with E-state index < -0.39 is 0 Å². The number of aromatic nitrogens is 1. The molecule has 2 atom stereocenters. The van der Waals surface area contributed by atoms with Gasteiger partial charge < -0.3 is 9.47 Å². The van der Waals surface area contributed by atoms with Crippen LogP contribution in [0.2, 0.25) is 0 Å². The molecule has 3 rings (SSSR count). The Labute approximate surface area is 322 Å². The van der Waals surface area contributed by atoms with Gasteiger partial charge >= 0.3 is 0 Å². The molecule has 0 bridgehead atoms. The van der Waals surface area contributed by atoms with Gasteiger partial charge in [-0.15, -0.1) is 0 Å². The first-order valence-electron chi connectivity index (χ1n) is 22.3. The number of ether oxygens (including phenoxy) is 2. The Hall–Kier alpha value is -2.01. The number of nitrogens with zero attached hydrogens (tertiary/aromatic N) is 2. The van der Waals surface area contributed by atoms with Crippen molar-refractivity contribution in [2.24, 2.45) is 0 Å². The Morgan fingerprint density at radius 3 is 1.52 bits per heavy atom. The molecule has 1 aromatic heterocycles. The molecule has 4 nitrogen and oxygen atoms in total. The van der Waals surface area contributed by atoms with Crippen LogP contribution in [0.25, 0.3) is 0 Å². The van der Waals surface area contributed by atoms with Gasteiger partial charge in [0.15, 0.2) is 5.79 Å². The third-order valence-electron chi connectivity index (χ3n) is 11.0. The number of likely N-dealkylation sites (tertiary alicyclic amines) is 1. The van der Waals surface area contributed by atoms with E-state index in [-0.39, 0.29) is 18.0 Å². The van der Waals surface area contributed by atoms with Crippen LogP contribution in [0.4, 0.5) is 0 Å². The van der Waals surface area contributed by atoms with Gasteiger partial charge in [0.25, 0.3) is 0 Å². The first kappa shape index (κ1) is 44.4. The van der Waals surface area contributed by atoms with E-state index in [1.54, 1.807) is 0 Å². The van der Waals surface area contributed by atoms with Crippen molar-refractivity contribution in [1.82, 2.24) is 9.88 Å². The molecule has 0 radical (unpaired) electrons. The number of pyridine rings is 1. The molecular weight excluding hydrogens is 637 g/mol. The molecule has 1 aromatic rings. The second kappa shape index (κ2) is 30.3. The van der Waals surface area contributed by atoms with E-state index in [0.717, 1.165) is 51.7 Å². The molecular formula is C48H80N2O2. The summed E-state index contributed by atoms with van der Waals surface area (Å²) >= 11 is 0. The lowest BCUT2D eigenvalue weighted by molar-refractivity contribution is -0.185. The predicted octanol–water partition coefficient (Wildman–Crippen LogP) is 14.2. The zero-order valence-corrected chi connectivity index (χ0v) is 34.0. The van der Waals surface area contributed by atoms with Crippen LogP contribution in [0.3, 0.4) is 0 Å². The smallest absolute Gasteiger partial charge is 0.169 e. The van der Waals surface area contributed by atoms with Crippen molar-refractivity contribution >= 4 is 0 Å². The summed E-state index contributed by atoms with van der Waals surface area (Å²) in [6.45, 7) is 7.57. The Morgan fingerprint density at radius 2 is 1.02 bits per heavy atom. The zero-order chi connectivity index (χ0) is 36.6. The zero-order valence-electron chi connectivity index (χ0n) is 34.0. The predicted molar refractivity (Wildman–Crippen MR) is 225 cm³/mol. The number of unbranched alkanes of at least 4 members (excludes halogenated alkanes) is 18. The van der Waals surface area contributed by atoms with Crippen molar-refractivity contribution < 1.29 is 9.47 Å². The maximum Gasteiger partial charge on any atom is 0.169 e. The monoisotopic (exact) mass is 717 g/mol. The Morgan fingerprint density at radius 1 is 0.577 bits per heavy atom. The molecule has 0 aromatic carbocycles. The number of allylic oxidation sites excluding steroid dienone is 8. The third-order valence-corrected chi connectivity index (χ3v) is 11.0. The summed E-state index contributed by atoms with van der Waals surface area (Å²) < 4.78 is 13.9. The van der Waals surface area contributed by atoms with Crippen LogP contribution in [-0.2, 0) is 16.0 Å². The second-order valence-electron chi connectivity index (χ2n) is 15.8. The molecule has 2 aliphatic heterocycles. The molecule has 2 aliphatic rings. The molecule has 2 fully saturated rings. The minimum absolute atomic E-state index is 0.199. The van der Waals surface area contributed by atoms with Gasteiger partial charge in [-0.2, -0.15) is 0 Å². The van der Waals surface area contributed by atoms with Gasteiger partial charge in [-0.25, -0.2) is 0 Å². The molecule has 0 unspecified atom stereocenters. The van der Waals surface area contributed by atoms with Crippen molar-refractivity contribution in [3.05, 3.63) is 78.7 Å². The van der Waals surface area contributed by atoms with Crippen molar-refractivity contribution in [3.8, 4) is 0 Å². The molecule has 294 valence electrons. The Bertz CT molecular complexity index is 1030. The summed E-state index contributed by atoms with van der Waals surface area (Å²) in [7, 11) is 0. The number of hydrogen-bond acceptors (Lipinski definition) is 4. The molecule has 3 heterocycles. The van der Waals surface area contributed by atoms with Crippen molar-refractivity contribution in [2.45, 2.75) is 212 Å². The van der Waals surface area contributed by atoms with Gasteiger partial charge in [-0.1, -0.05) is 140 Å². The SMILES string of the molecule is CCCCC/C=C\C/C=C\CCCCCCCCC1(CCCCCCCC/C=C\C/C=C\CCCCC)O[C@H]2CCN(Cc3ccncc3)C[C@@H]2O1. The van der Waals surface area contributed by atoms with Gasteiger partial charge in [0.1, 0.15) is 0 Å². The third kappa shape index (κ3) is 21.0. The average molecular weight is 717 g/mol. The highest BCUT2D eigenvalue weighted by Crippen LogP contribution is 2.41. The van der Waals surface area contributed by atoms with Crippen LogP contribution in [0, 0.1) is 0 Å². The average Bonchev–Trinajstić information content (AvgIpc) is 3.52. The summed E-state index contributed by atoms with van der Waals surface area (Å²) in [6.07, 6.45) is 57.1. The second-order valence-corrected chi connectivity index (χ2v) is 15.8. The lowest BCUT2D eigenvalue weighted by Gasteiger charge is -2.32. The number of hydrogen-bond donors (Lipinski definition) is 0. The van der Waals surface area contributed by atoms with E-state index in [9.17, 15) is 0 Å². The van der Waals surface area contributed by atoms with Crippen molar-refractivity contribution in [2.75, 3.05) is 13.1 Å². The quantitative estimate of drug-likeness (QED) is 0.0549. The van der Waals surface area contributed by atoms with Crippen LogP contribution in [0.15, 0.2) is 73.1 Å². The molecule has 4 heteroatoms. The molecule has 0 N–H and O–H groups in total. The Kier molecular flexibility index (Phi) is 25.9. The van der Waals surface area contributed by atoms with Gasteiger partial charge in [-0.3, -0.25) is 9.88 Å². The van der Waals surface area contributed by atoms with Crippen LogP contribution in [0.1, 0.15) is 193 Å². The lowest BCUT2D eigenvalue weighted by atomic mass is 9.98. The molecule has 2 saturated heterocycles. The summed E-state index contributed by atoms with van der Waals surface area (Å²) in [5.74, 6) is -0.369. The van der Waals surface area contributed by atoms with Gasteiger partial charge in [0.2, 0.25) is 0 Å². The van der Waals surface area contributed by atoms with E-state index in [2.05, 4.69) is 84.5 Å². The number of rotatable bonds is 32. The van der Waals surface area contributed by atoms with E-state index in [4.69, 9.17) is 9.47 Å².